The summed E-state index contributed by atoms with van der Waals surface area (Å²) in [6.07, 6.45) is 3.00. The van der Waals surface area contributed by atoms with Gasteiger partial charge in [-0.15, -0.1) is 11.3 Å². The van der Waals surface area contributed by atoms with Gasteiger partial charge in [-0.2, -0.15) is 0 Å². The Morgan fingerprint density at radius 1 is 0.852 bits per heavy atom. The summed E-state index contributed by atoms with van der Waals surface area (Å²) in [4.78, 5) is 33.2. The minimum Gasteiger partial charge on any atom is -0.267 e. The molecule has 4 aromatic rings. The topological polar surface area (TPSA) is 84.0 Å². The number of hydrogen-bond acceptors (Lipinski definition) is 5. The molecule has 0 aliphatic heterocycles. The Morgan fingerprint density at radius 3 is 2.44 bits per heavy atom. The van der Waals surface area contributed by atoms with Crippen LogP contribution in [0.5, 0.6) is 0 Å². The van der Waals surface area contributed by atoms with Crippen molar-refractivity contribution in [2.75, 3.05) is 0 Å². The number of nitrogens with one attached hydrogen (secondary N) is 2. The molecule has 2 N–H and O–H groups in total. The number of carbonyl (C=O) groups excluding carboxylic acids is 2. The Bertz CT molecular complexity index is 1090. The molecule has 2 amide bonds. The van der Waals surface area contributed by atoms with Gasteiger partial charge in [0.2, 0.25) is 0 Å². The molecule has 6 nitrogen and oxygen atoms in total. The van der Waals surface area contributed by atoms with Crippen molar-refractivity contribution in [2.24, 2.45) is 0 Å². The number of rotatable bonds is 3. The van der Waals surface area contributed by atoms with Gasteiger partial charge < -0.3 is 0 Å². The molecule has 7 heteroatoms. The lowest BCUT2D eigenvalue weighted by Crippen LogP contribution is -2.41. The Labute approximate surface area is 158 Å². The molecule has 0 spiro atoms. The Kier molecular flexibility index (Phi) is 4.59. The van der Waals surface area contributed by atoms with Crippen molar-refractivity contribution >= 4 is 33.4 Å². The molecule has 0 saturated carbocycles. The summed E-state index contributed by atoms with van der Waals surface area (Å²) < 4.78 is 1.05. The Balaban J connectivity index is 1.57. The van der Waals surface area contributed by atoms with E-state index in [1.165, 1.54) is 17.5 Å². The van der Waals surface area contributed by atoms with Crippen molar-refractivity contribution in [3.05, 3.63) is 84.2 Å². The van der Waals surface area contributed by atoms with E-state index >= 15 is 0 Å². The first-order valence-electron chi connectivity index (χ1n) is 8.18. The van der Waals surface area contributed by atoms with Crippen LogP contribution in [0.1, 0.15) is 20.7 Å². The summed E-state index contributed by atoms with van der Waals surface area (Å²) in [5, 5.41) is 0.750. The molecule has 2 heterocycles. The molecular formula is C20H14N4O2S. The lowest BCUT2D eigenvalue weighted by molar-refractivity contribution is 0.0847. The van der Waals surface area contributed by atoms with Gasteiger partial charge in [0.1, 0.15) is 5.01 Å². The van der Waals surface area contributed by atoms with E-state index < -0.39 is 11.8 Å². The van der Waals surface area contributed by atoms with Crippen LogP contribution in [-0.4, -0.2) is 21.8 Å². The average Bonchev–Trinajstić information content (AvgIpc) is 3.16. The van der Waals surface area contributed by atoms with Gasteiger partial charge in [0.05, 0.1) is 21.3 Å². The minimum atomic E-state index is -0.436. The van der Waals surface area contributed by atoms with E-state index in [9.17, 15) is 9.59 Å². The van der Waals surface area contributed by atoms with E-state index in [1.54, 1.807) is 30.5 Å². The van der Waals surface area contributed by atoms with Gasteiger partial charge in [0.15, 0.2) is 0 Å². The van der Waals surface area contributed by atoms with Crippen molar-refractivity contribution in [1.82, 2.24) is 20.8 Å². The highest BCUT2D eigenvalue weighted by Crippen LogP contribution is 2.31. The third-order valence-electron chi connectivity index (χ3n) is 3.91. The number of amides is 2. The number of carbonyl (C=O) groups is 2. The van der Waals surface area contributed by atoms with E-state index in [-0.39, 0.29) is 0 Å². The second kappa shape index (κ2) is 7.35. The third kappa shape index (κ3) is 3.54. The zero-order chi connectivity index (χ0) is 18.6. The number of nitrogens with zero attached hydrogens (tertiary/aromatic N) is 2. The van der Waals surface area contributed by atoms with Crippen LogP contribution < -0.4 is 10.9 Å². The fraction of sp³-hybridized carbons (Fsp3) is 0. The molecule has 0 radical (unpaired) electrons. The molecule has 132 valence electrons. The summed E-state index contributed by atoms with van der Waals surface area (Å²) in [6, 6.07) is 18.3. The number of benzene rings is 2. The quantitative estimate of drug-likeness (QED) is 0.538. The van der Waals surface area contributed by atoms with Crippen LogP contribution in [0.2, 0.25) is 0 Å². The van der Waals surface area contributed by atoms with Crippen LogP contribution in [0.3, 0.4) is 0 Å². The second-order valence-corrected chi connectivity index (χ2v) is 6.71. The van der Waals surface area contributed by atoms with Crippen LogP contribution in [0.15, 0.2) is 73.1 Å². The standard InChI is InChI=1S/C20H14N4O2S/c25-18(13-6-5-11-21-12-13)23-24-19(26)14-7-1-2-8-15(14)20-22-16-9-3-4-10-17(16)27-20/h1-12H,(H,23,25)(H,24,26). The van der Waals surface area contributed by atoms with Gasteiger partial charge in [-0.3, -0.25) is 25.4 Å². The average molecular weight is 374 g/mol. The van der Waals surface area contributed by atoms with Crippen LogP contribution in [-0.2, 0) is 0 Å². The van der Waals surface area contributed by atoms with Gasteiger partial charge in [0.25, 0.3) is 11.8 Å². The number of aromatic nitrogens is 2. The molecule has 4 rings (SSSR count). The first kappa shape index (κ1) is 16.9. The monoisotopic (exact) mass is 374 g/mol. The second-order valence-electron chi connectivity index (χ2n) is 5.68. The van der Waals surface area contributed by atoms with Gasteiger partial charge in [-0.25, -0.2) is 4.98 Å². The van der Waals surface area contributed by atoms with E-state index in [0.717, 1.165) is 15.2 Å². The van der Waals surface area contributed by atoms with E-state index in [2.05, 4.69) is 20.8 Å². The molecule has 2 aromatic carbocycles. The highest BCUT2D eigenvalue weighted by molar-refractivity contribution is 7.21. The van der Waals surface area contributed by atoms with Gasteiger partial charge >= 0.3 is 0 Å². The van der Waals surface area contributed by atoms with Crippen molar-refractivity contribution in [2.45, 2.75) is 0 Å². The SMILES string of the molecule is O=C(NNC(=O)c1ccccc1-c1nc2ccccc2s1)c1cccnc1. The third-order valence-corrected chi connectivity index (χ3v) is 4.98. The largest absolute Gasteiger partial charge is 0.271 e. The van der Waals surface area contributed by atoms with Crippen LogP contribution >= 0.6 is 11.3 Å². The normalized spacial score (nSPS) is 10.5. The smallest absolute Gasteiger partial charge is 0.267 e. The fourth-order valence-corrected chi connectivity index (χ4v) is 3.61. The summed E-state index contributed by atoms with van der Waals surface area (Å²) in [5.74, 6) is -0.851. The van der Waals surface area contributed by atoms with E-state index in [1.807, 2.05) is 36.4 Å². The summed E-state index contributed by atoms with van der Waals surface area (Å²) in [5.41, 5.74) is 7.25. The Hall–Kier alpha value is -3.58. The maximum Gasteiger partial charge on any atom is 0.271 e. The number of hydrogen-bond donors (Lipinski definition) is 2. The fourth-order valence-electron chi connectivity index (χ4n) is 2.61. The first-order valence-corrected chi connectivity index (χ1v) is 9.00. The zero-order valence-electron chi connectivity index (χ0n) is 14.0. The zero-order valence-corrected chi connectivity index (χ0v) is 14.9. The number of para-hydroxylation sites is 1. The predicted molar refractivity (Wildman–Crippen MR) is 104 cm³/mol. The van der Waals surface area contributed by atoms with Crippen molar-refractivity contribution in [3.8, 4) is 10.6 Å². The summed E-state index contributed by atoms with van der Waals surface area (Å²) >= 11 is 1.52. The highest BCUT2D eigenvalue weighted by Gasteiger charge is 2.16. The molecule has 0 fully saturated rings. The van der Waals surface area contributed by atoms with Crippen molar-refractivity contribution in [3.63, 3.8) is 0 Å². The van der Waals surface area contributed by atoms with Gasteiger partial charge in [-0.1, -0.05) is 30.3 Å². The Morgan fingerprint density at radius 2 is 1.63 bits per heavy atom. The number of thiazole rings is 1. The van der Waals surface area contributed by atoms with Crippen molar-refractivity contribution < 1.29 is 9.59 Å². The summed E-state index contributed by atoms with van der Waals surface area (Å²) in [7, 11) is 0. The molecule has 0 aliphatic carbocycles. The number of fused-ring (bicyclic) bond motifs is 1. The predicted octanol–water partition coefficient (Wildman–Crippen LogP) is 3.43. The summed E-state index contributed by atoms with van der Waals surface area (Å²) in [6.45, 7) is 0. The lowest BCUT2D eigenvalue weighted by atomic mass is 10.1. The van der Waals surface area contributed by atoms with E-state index in [0.29, 0.717) is 16.7 Å². The van der Waals surface area contributed by atoms with Gasteiger partial charge in [-0.05, 0) is 30.3 Å². The maximum absolute atomic E-state index is 12.6. The van der Waals surface area contributed by atoms with Crippen molar-refractivity contribution in [1.29, 1.82) is 0 Å². The molecule has 0 aliphatic rings. The molecule has 0 unspecified atom stereocenters. The molecule has 0 saturated heterocycles. The molecule has 2 aromatic heterocycles. The van der Waals surface area contributed by atoms with Crippen LogP contribution in [0, 0.1) is 0 Å². The highest BCUT2D eigenvalue weighted by atomic mass is 32.1. The van der Waals surface area contributed by atoms with E-state index in [4.69, 9.17) is 0 Å². The molecular weight excluding hydrogens is 360 g/mol. The minimum absolute atomic E-state index is 0.359. The lowest BCUT2D eigenvalue weighted by Gasteiger charge is -2.09. The molecule has 27 heavy (non-hydrogen) atoms. The maximum atomic E-state index is 12.6. The van der Waals surface area contributed by atoms with Crippen LogP contribution in [0.4, 0.5) is 0 Å². The molecule has 0 atom stereocenters. The van der Waals surface area contributed by atoms with Gasteiger partial charge in [0, 0.05) is 18.0 Å². The van der Waals surface area contributed by atoms with Crippen LogP contribution in [0.25, 0.3) is 20.8 Å². The molecule has 0 bridgehead atoms. The first-order chi connectivity index (χ1) is 13.2. The number of pyridine rings is 1. The number of hydrazine groups is 1.